The van der Waals surface area contributed by atoms with Gasteiger partial charge in [0.25, 0.3) is 0 Å². The van der Waals surface area contributed by atoms with Gasteiger partial charge >= 0.3 is 0 Å². The highest BCUT2D eigenvalue weighted by Gasteiger charge is 2.37. The van der Waals surface area contributed by atoms with Gasteiger partial charge in [-0.1, -0.05) is 37.3 Å². The molecule has 0 heterocycles. The number of nitrogens with two attached hydrogens (primary N) is 1. The Balaban J connectivity index is 2.17. The van der Waals surface area contributed by atoms with E-state index < -0.39 is 0 Å². The van der Waals surface area contributed by atoms with Crippen LogP contribution >= 0.6 is 11.6 Å². The molecule has 0 aromatic heterocycles. The topological polar surface area (TPSA) is 35.2 Å². The number of halogens is 2. The monoisotopic (exact) mass is 313 g/mol. The summed E-state index contributed by atoms with van der Waals surface area (Å²) in [5, 5.41) is 0.576. The second kappa shape index (κ2) is 7.57. The summed E-state index contributed by atoms with van der Waals surface area (Å²) < 4.78 is 19.5. The lowest BCUT2D eigenvalue weighted by Gasteiger charge is -2.38. The summed E-state index contributed by atoms with van der Waals surface area (Å²) >= 11 is 6.17. The van der Waals surface area contributed by atoms with E-state index in [0.29, 0.717) is 18.1 Å². The second-order valence-corrected chi connectivity index (χ2v) is 6.37. The highest BCUT2D eigenvalue weighted by Crippen LogP contribution is 2.34. The van der Waals surface area contributed by atoms with Crippen molar-refractivity contribution < 1.29 is 9.13 Å². The molecule has 2 nitrogen and oxygen atoms in total. The van der Waals surface area contributed by atoms with E-state index in [-0.39, 0.29) is 17.5 Å². The highest BCUT2D eigenvalue weighted by atomic mass is 35.5. The predicted octanol–water partition coefficient (Wildman–Crippen LogP) is 4.48. The molecule has 1 aromatic carbocycles. The van der Waals surface area contributed by atoms with E-state index in [9.17, 15) is 4.39 Å². The molecule has 0 saturated heterocycles. The molecule has 0 spiro atoms. The van der Waals surface area contributed by atoms with E-state index in [0.717, 1.165) is 31.2 Å². The van der Waals surface area contributed by atoms with Gasteiger partial charge in [0.15, 0.2) is 0 Å². The number of ether oxygens (including phenoxy) is 1. The Labute approximate surface area is 131 Å². The molecule has 1 saturated carbocycles. The average molecular weight is 314 g/mol. The Morgan fingerprint density at radius 3 is 2.57 bits per heavy atom. The van der Waals surface area contributed by atoms with Crippen molar-refractivity contribution in [2.75, 3.05) is 6.61 Å². The molecular formula is C17H25ClFNO. The van der Waals surface area contributed by atoms with Crippen LogP contribution in [0.1, 0.15) is 51.0 Å². The third kappa shape index (κ3) is 4.18. The first-order chi connectivity index (χ1) is 10.1. The normalized spacial score (nSPS) is 20.0. The fourth-order valence-corrected chi connectivity index (χ4v) is 3.55. The van der Waals surface area contributed by atoms with Gasteiger partial charge < -0.3 is 10.5 Å². The molecule has 118 valence electrons. The molecule has 0 amide bonds. The van der Waals surface area contributed by atoms with E-state index in [1.54, 1.807) is 6.07 Å². The Hall–Kier alpha value is -0.640. The maximum atomic E-state index is 13.4. The fourth-order valence-electron chi connectivity index (χ4n) is 3.36. The van der Waals surface area contributed by atoms with Crippen LogP contribution in [0, 0.1) is 5.82 Å². The van der Waals surface area contributed by atoms with Gasteiger partial charge in [-0.3, -0.25) is 0 Å². The lowest BCUT2D eigenvalue weighted by atomic mass is 9.83. The van der Waals surface area contributed by atoms with Crippen molar-refractivity contribution in [3.05, 3.63) is 34.6 Å². The largest absolute Gasteiger partial charge is 0.374 e. The van der Waals surface area contributed by atoms with Crippen LogP contribution in [0.25, 0.3) is 0 Å². The zero-order chi connectivity index (χ0) is 15.3. The van der Waals surface area contributed by atoms with Crippen molar-refractivity contribution >= 4 is 11.6 Å². The molecule has 1 aliphatic carbocycles. The first-order valence-electron chi connectivity index (χ1n) is 7.91. The number of hydrogen-bond donors (Lipinski definition) is 1. The minimum atomic E-state index is -0.291. The van der Waals surface area contributed by atoms with Crippen LogP contribution in [0.2, 0.25) is 5.02 Å². The summed E-state index contributed by atoms with van der Waals surface area (Å²) in [6.45, 7) is 2.67. The number of rotatable bonds is 5. The van der Waals surface area contributed by atoms with E-state index in [2.05, 4.69) is 0 Å². The van der Waals surface area contributed by atoms with Gasteiger partial charge in [0.1, 0.15) is 5.82 Å². The van der Waals surface area contributed by atoms with Crippen LogP contribution < -0.4 is 5.73 Å². The molecule has 0 bridgehead atoms. The van der Waals surface area contributed by atoms with Crippen molar-refractivity contribution in [1.82, 2.24) is 0 Å². The SMILES string of the molecule is CCOC1(C(N)Cc2cc(F)ccc2Cl)CCCCCC1. The molecule has 1 aliphatic rings. The molecule has 21 heavy (non-hydrogen) atoms. The zero-order valence-electron chi connectivity index (χ0n) is 12.7. The van der Waals surface area contributed by atoms with Crippen LogP contribution in [-0.4, -0.2) is 18.2 Å². The van der Waals surface area contributed by atoms with E-state index >= 15 is 0 Å². The molecule has 1 atom stereocenters. The Bertz CT molecular complexity index is 458. The van der Waals surface area contributed by atoms with Crippen LogP contribution in [0.3, 0.4) is 0 Å². The molecule has 1 fully saturated rings. The van der Waals surface area contributed by atoms with Gasteiger partial charge in [-0.25, -0.2) is 4.39 Å². The van der Waals surface area contributed by atoms with Gasteiger partial charge in [-0.2, -0.15) is 0 Å². The first-order valence-corrected chi connectivity index (χ1v) is 8.28. The van der Waals surface area contributed by atoms with Crippen molar-refractivity contribution in [2.24, 2.45) is 5.73 Å². The van der Waals surface area contributed by atoms with Crippen LogP contribution in [0.15, 0.2) is 18.2 Å². The first kappa shape index (κ1) is 16.7. The quantitative estimate of drug-likeness (QED) is 0.813. The predicted molar refractivity (Wildman–Crippen MR) is 85.1 cm³/mol. The van der Waals surface area contributed by atoms with Gasteiger partial charge in [0, 0.05) is 17.7 Å². The fraction of sp³-hybridized carbons (Fsp3) is 0.647. The molecule has 0 aliphatic heterocycles. The third-order valence-electron chi connectivity index (χ3n) is 4.51. The third-order valence-corrected chi connectivity index (χ3v) is 4.87. The summed E-state index contributed by atoms with van der Waals surface area (Å²) in [4.78, 5) is 0. The minimum Gasteiger partial charge on any atom is -0.374 e. The lowest BCUT2D eigenvalue weighted by Crippen LogP contribution is -2.51. The summed E-state index contributed by atoms with van der Waals surface area (Å²) in [5.74, 6) is -0.270. The molecule has 2 rings (SSSR count). The van der Waals surface area contributed by atoms with Gasteiger partial charge in [-0.15, -0.1) is 0 Å². The number of hydrogen-bond acceptors (Lipinski definition) is 2. The maximum Gasteiger partial charge on any atom is 0.123 e. The standard InChI is InChI=1S/C17H25ClFNO/c1-2-21-17(9-5-3-4-6-10-17)16(20)12-13-11-14(19)7-8-15(13)18/h7-8,11,16H,2-6,9-10,12,20H2,1H3. The van der Waals surface area contributed by atoms with Crippen molar-refractivity contribution in [3.63, 3.8) is 0 Å². The summed E-state index contributed by atoms with van der Waals surface area (Å²) in [6, 6.07) is 4.30. The van der Waals surface area contributed by atoms with Crippen molar-refractivity contribution in [1.29, 1.82) is 0 Å². The van der Waals surface area contributed by atoms with Crippen molar-refractivity contribution in [2.45, 2.75) is 63.5 Å². The van der Waals surface area contributed by atoms with Gasteiger partial charge in [0.2, 0.25) is 0 Å². The van der Waals surface area contributed by atoms with Crippen molar-refractivity contribution in [3.8, 4) is 0 Å². The van der Waals surface area contributed by atoms with E-state index in [1.807, 2.05) is 6.92 Å². The van der Waals surface area contributed by atoms with Crippen LogP contribution in [0.5, 0.6) is 0 Å². The number of benzene rings is 1. The summed E-state index contributed by atoms with van der Waals surface area (Å²) in [7, 11) is 0. The molecule has 1 aromatic rings. The Morgan fingerprint density at radius 1 is 1.29 bits per heavy atom. The molecule has 4 heteroatoms. The Kier molecular flexibility index (Phi) is 6.03. The average Bonchev–Trinajstić information content (AvgIpc) is 2.70. The van der Waals surface area contributed by atoms with E-state index in [1.165, 1.54) is 25.0 Å². The molecule has 0 radical (unpaired) electrons. The second-order valence-electron chi connectivity index (χ2n) is 5.96. The van der Waals surface area contributed by atoms with Gasteiger partial charge in [-0.05, 0) is 49.9 Å². The molecule has 2 N–H and O–H groups in total. The summed E-state index contributed by atoms with van der Waals surface area (Å²) in [5.41, 5.74) is 6.96. The maximum absolute atomic E-state index is 13.4. The Morgan fingerprint density at radius 2 is 1.95 bits per heavy atom. The van der Waals surface area contributed by atoms with Crippen LogP contribution in [-0.2, 0) is 11.2 Å². The van der Waals surface area contributed by atoms with Gasteiger partial charge in [0.05, 0.1) is 5.60 Å². The highest BCUT2D eigenvalue weighted by molar-refractivity contribution is 6.31. The summed E-state index contributed by atoms with van der Waals surface area (Å²) in [6.07, 6.45) is 7.28. The molecule has 1 unspecified atom stereocenters. The zero-order valence-corrected chi connectivity index (χ0v) is 13.5. The minimum absolute atomic E-state index is 0.158. The van der Waals surface area contributed by atoms with Crippen LogP contribution in [0.4, 0.5) is 4.39 Å². The lowest BCUT2D eigenvalue weighted by molar-refractivity contribution is -0.0683. The van der Waals surface area contributed by atoms with E-state index in [4.69, 9.17) is 22.1 Å². The smallest absolute Gasteiger partial charge is 0.123 e. The molecular weight excluding hydrogens is 289 g/mol.